The molecule has 0 saturated carbocycles. The maximum atomic E-state index is 15.0. The van der Waals surface area contributed by atoms with Gasteiger partial charge in [0.05, 0.1) is 10.6 Å². The highest BCUT2D eigenvalue weighted by Crippen LogP contribution is 2.29. The van der Waals surface area contributed by atoms with Gasteiger partial charge in [-0.3, -0.25) is 13.9 Å². The van der Waals surface area contributed by atoms with Crippen molar-refractivity contribution in [2.24, 2.45) is 0 Å². The summed E-state index contributed by atoms with van der Waals surface area (Å²) in [7, 11) is -4.38. The Balaban J connectivity index is 2.12. The van der Waals surface area contributed by atoms with Crippen molar-refractivity contribution in [1.82, 2.24) is 10.2 Å². The fraction of sp³-hybridized carbons (Fsp3) is 0.310. The number of halogens is 3. The normalized spacial score (nSPS) is 12.5. The van der Waals surface area contributed by atoms with Crippen molar-refractivity contribution in [3.05, 3.63) is 94.2 Å². The van der Waals surface area contributed by atoms with Gasteiger partial charge >= 0.3 is 0 Å². The summed E-state index contributed by atoms with van der Waals surface area (Å²) in [4.78, 5) is 28.5. The van der Waals surface area contributed by atoms with Crippen molar-refractivity contribution in [3.63, 3.8) is 0 Å². The second-order valence-electron chi connectivity index (χ2n) is 10.2. The quantitative estimate of drug-likeness (QED) is 0.304. The third-order valence-electron chi connectivity index (χ3n) is 6.01. The molecule has 214 valence electrons. The molecule has 3 aromatic rings. The van der Waals surface area contributed by atoms with E-state index in [2.05, 4.69) is 5.32 Å². The number of anilines is 1. The number of carbonyl (C=O) groups excluding carboxylic acids is 2. The molecule has 3 aromatic carbocycles. The summed E-state index contributed by atoms with van der Waals surface area (Å²) < 4.78 is 43.2. The SMILES string of the molecule is CC[C@@H](C(=O)NC(C)(C)C)N(Cc1c(Cl)cccc1Cl)C(=O)CN(c1ccccc1F)S(=O)(=O)c1ccccc1. The Morgan fingerprint density at radius 2 is 1.50 bits per heavy atom. The van der Waals surface area contributed by atoms with Crippen LogP contribution in [0.25, 0.3) is 0 Å². The summed E-state index contributed by atoms with van der Waals surface area (Å²) in [6, 6.07) is 16.6. The van der Waals surface area contributed by atoms with Gasteiger partial charge in [0, 0.05) is 27.7 Å². The van der Waals surface area contributed by atoms with Crippen molar-refractivity contribution in [2.75, 3.05) is 10.8 Å². The van der Waals surface area contributed by atoms with Gasteiger partial charge in [0.15, 0.2) is 0 Å². The first-order valence-electron chi connectivity index (χ1n) is 12.6. The molecule has 0 saturated heterocycles. The van der Waals surface area contributed by atoms with Crippen LogP contribution in [-0.4, -0.2) is 43.3 Å². The van der Waals surface area contributed by atoms with E-state index in [-0.39, 0.29) is 33.6 Å². The molecule has 0 heterocycles. The summed E-state index contributed by atoms with van der Waals surface area (Å²) in [5.41, 5.74) is -0.510. The van der Waals surface area contributed by atoms with Gasteiger partial charge in [0.2, 0.25) is 11.8 Å². The monoisotopic (exact) mass is 607 g/mol. The molecule has 0 unspecified atom stereocenters. The van der Waals surface area contributed by atoms with E-state index < -0.39 is 45.8 Å². The van der Waals surface area contributed by atoms with Gasteiger partial charge in [-0.2, -0.15) is 0 Å². The Morgan fingerprint density at radius 3 is 2.05 bits per heavy atom. The molecule has 40 heavy (non-hydrogen) atoms. The number of hydrogen-bond acceptors (Lipinski definition) is 4. The first kappa shape index (κ1) is 31.4. The number of rotatable bonds is 10. The van der Waals surface area contributed by atoms with Crippen LogP contribution < -0.4 is 9.62 Å². The van der Waals surface area contributed by atoms with Gasteiger partial charge < -0.3 is 10.2 Å². The fourth-order valence-electron chi connectivity index (χ4n) is 4.11. The van der Waals surface area contributed by atoms with Gasteiger partial charge in [-0.1, -0.05) is 66.5 Å². The van der Waals surface area contributed by atoms with E-state index in [0.717, 1.165) is 10.4 Å². The minimum absolute atomic E-state index is 0.121. The first-order valence-corrected chi connectivity index (χ1v) is 14.8. The number of sulfonamides is 1. The molecule has 0 fully saturated rings. The van der Waals surface area contributed by atoms with Crippen LogP contribution >= 0.6 is 23.2 Å². The van der Waals surface area contributed by atoms with Gasteiger partial charge in [0.25, 0.3) is 10.0 Å². The summed E-state index contributed by atoms with van der Waals surface area (Å²) in [5, 5.41) is 3.43. The largest absolute Gasteiger partial charge is 0.350 e. The number of nitrogens with one attached hydrogen (secondary N) is 1. The van der Waals surface area contributed by atoms with Gasteiger partial charge in [-0.25, -0.2) is 12.8 Å². The number of benzene rings is 3. The maximum Gasteiger partial charge on any atom is 0.264 e. The zero-order chi connectivity index (χ0) is 29.7. The Labute approximate surface area is 244 Å². The molecule has 0 aliphatic heterocycles. The molecule has 7 nitrogen and oxygen atoms in total. The number of amides is 2. The minimum Gasteiger partial charge on any atom is -0.350 e. The summed E-state index contributed by atoms with van der Waals surface area (Å²) >= 11 is 12.8. The van der Waals surface area contributed by atoms with Crippen LogP contribution in [0.15, 0.2) is 77.7 Å². The Kier molecular flexibility index (Phi) is 10.2. The molecule has 0 aliphatic carbocycles. The third-order valence-corrected chi connectivity index (χ3v) is 8.49. The van der Waals surface area contributed by atoms with Crippen LogP contribution in [-0.2, 0) is 26.2 Å². The summed E-state index contributed by atoms with van der Waals surface area (Å²) in [6.07, 6.45) is 0.209. The van der Waals surface area contributed by atoms with Gasteiger partial charge in [0.1, 0.15) is 18.4 Å². The molecular formula is C29H32Cl2FN3O4S. The molecule has 1 N–H and O–H groups in total. The van der Waals surface area contributed by atoms with Crippen LogP contribution in [0.3, 0.4) is 0 Å². The molecule has 11 heteroatoms. The fourth-order valence-corrected chi connectivity index (χ4v) is 6.07. The Bertz CT molecular complexity index is 1440. The molecule has 0 spiro atoms. The second kappa shape index (κ2) is 13.0. The Morgan fingerprint density at radius 1 is 0.925 bits per heavy atom. The van der Waals surface area contributed by atoms with Crippen LogP contribution in [0, 0.1) is 5.82 Å². The highest BCUT2D eigenvalue weighted by Gasteiger charge is 2.35. The minimum atomic E-state index is -4.38. The zero-order valence-corrected chi connectivity index (χ0v) is 25.0. The average molecular weight is 609 g/mol. The summed E-state index contributed by atoms with van der Waals surface area (Å²) in [6.45, 7) is 6.20. The van der Waals surface area contributed by atoms with E-state index in [1.807, 2.05) is 0 Å². The maximum absolute atomic E-state index is 15.0. The van der Waals surface area contributed by atoms with E-state index in [1.165, 1.54) is 47.4 Å². The van der Waals surface area contributed by atoms with Crippen molar-refractivity contribution >= 4 is 50.7 Å². The molecule has 0 aromatic heterocycles. The van der Waals surface area contributed by atoms with Crippen LogP contribution in [0.5, 0.6) is 0 Å². The molecule has 1 atom stereocenters. The van der Waals surface area contributed by atoms with E-state index in [1.54, 1.807) is 52.0 Å². The standard InChI is InChI=1S/C29H32Cl2FN3O4S/c1-5-25(28(37)33-29(2,3)4)34(18-21-22(30)14-11-15-23(21)31)27(36)19-35(26-17-10-9-16-24(26)32)40(38,39)20-12-7-6-8-13-20/h6-17,25H,5,18-19H2,1-4H3,(H,33,37)/t25-/m0/s1. The molecular weight excluding hydrogens is 576 g/mol. The molecule has 0 bridgehead atoms. The molecule has 0 radical (unpaired) electrons. The zero-order valence-electron chi connectivity index (χ0n) is 22.7. The molecule has 3 rings (SSSR count). The molecule has 2 amide bonds. The lowest BCUT2D eigenvalue weighted by atomic mass is 10.1. The van der Waals surface area contributed by atoms with Crippen molar-refractivity contribution in [3.8, 4) is 0 Å². The van der Waals surface area contributed by atoms with E-state index in [9.17, 15) is 22.4 Å². The van der Waals surface area contributed by atoms with E-state index in [0.29, 0.717) is 5.56 Å². The predicted octanol–water partition coefficient (Wildman–Crippen LogP) is 6.05. The Hall–Kier alpha value is -3.14. The lowest BCUT2D eigenvalue weighted by Crippen LogP contribution is -2.55. The lowest BCUT2D eigenvalue weighted by molar-refractivity contribution is -0.141. The highest BCUT2D eigenvalue weighted by atomic mass is 35.5. The van der Waals surface area contributed by atoms with Crippen molar-refractivity contribution in [1.29, 1.82) is 0 Å². The predicted molar refractivity (Wildman–Crippen MR) is 156 cm³/mol. The van der Waals surface area contributed by atoms with Crippen LogP contribution in [0.4, 0.5) is 10.1 Å². The second-order valence-corrected chi connectivity index (χ2v) is 12.8. The molecule has 0 aliphatic rings. The number of carbonyl (C=O) groups is 2. The van der Waals surface area contributed by atoms with E-state index in [4.69, 9.17) is 23.2 Å². The van der Waals surface area contributed by atoms with Crippen LogP contribution in [0.1, 0.15) is 39.7 Å². The smallest absolute Gasteiger partial charge is 0.264 e. The third kappa shape index (κ3) is 7.53. The average Bonchev–Trinajstić information content (AvgIpc) is 2.88. The number of para-hydroxylation sites is 1. The summed E-state index contributed by atoms with van der Waals surface area (Å²) in [5.74, 6) is -2.00. The lowest BCUT2D eigenvalue weighted by Gasteiger charge is -2.35. The number of hydrogen-bond donors (Lipinski definition) is 1. The van der Waals surface area contributed by atoms with Gasteiger partial charge in [-0.15, -0.1) is 0 Å². The van der Waals surface area contributed by atoms with E-state index >= 15 is 0 Å². The number of nitrogens with zero attached hydrogens (tertiary/aromatic N) is 2. The van der Waals surface area contributed by atoms with Gasteiger partial charge in [-0.05, 0) is 63.6 Å². The van der Waals surface area contributed by atoms with Crippen molar-refractivity contribution in [2.45, 2.75) is 57.1 Å². The van der Waals surface area contributed by atoms with Crippen molar-refractivity contribution < 1.29 is 22.4 Å². The topological polar surface area (TPSA) is 86.8 Å². The van der Waals surface area contributed by atoms with Crippen LogP contribution in [0.2, 0.25) is 10.0 Å². The highest BCUT2D eigenvalue weighted by molar-refractivity contribution is 7.92. The first-order chi connectivity index (χ1) is 18.8.